The van der Waals surface area contributed by atoms with Crippen LogP contribution in [0.3, 0.4) is 0 Å². The van der Waals surface area contributed by atoms with Crippen molar-refractivity contribution in [2.75, 3.05) is 23.3 Å². The SMILES string of the molecule is N#Cc1c(-c2ccc(N3CCCS3(=O)=O)cc2)n(CCF)c2cc(OC(F)(F)F)ccc12. The minimum atomic E-state index is -4.89. The predicted octanol–water partition coefficient (Wildman–Crippen LogP) is 4.59. The standard InChI is InChI=1S/C21H17F4N3O3S/c22-8-10-27-19-12-16(31-21(23,24)25)6-7-17(19)18(13-26)20(27)14-2-4-15(5-3-14)28-9-1-11-32(28,29)30/h2-7,12H,1,8-11H2. The fourth-order valence-electron chi connectivity index (χ4n) is 3.97. The lowest BCUT2D eigenvalue weighted by Crippen LogP contribution is -2.24. The Morgan fingerprint density at radius 1 is 1.12 bits per heavy atom. The Labute approximate surface area is 181 Å². The lowest BCUT2D eigenvalue weighted by Gasteiger charge is -2.17. The van der Waals surface area contributed by atoms with E-state index in [0.29, 0.717) is 35.3 Å². The van der Waals surface area contributed by atoms with Crippen LogP contribution in [0.1, 0.15) is 12.0 Å². The van der Waals surface area contributed by atoms with Gasteiger partial charge in [-0.1, -0.05) is 12.1 Å². The van der Waals surface area contributed by atoms with Crippen molar-refractivity contribution in [3.63, 3.8) is 0 Å². The van der Waals surface area contributed by atoms with Gasteiger partial charge in [0.25, 0.3) is 0 Å². The van der Waals surface area contributed by atoms with Crippen LogP contribution in [0.25, 0.3) is 22.2 Å². The first kappa shape index (κ1) is 22.0. The molecule has 3 aromatic rings. The molecule has 0 radical (unpaired) electrons. The minimum Gasteiger partial charge on any atom is -0.406 e. The zero-order valence-corrected chi connectivity index (χ0v) is 17.4. The first-order chi connectivity index (χ1) is 15.1. The maximum absolute atomic E-state index is 13.4. The number of nitrogens with zero attached hydrogens (tertiary/aromatic N) is 3. The van der Waals surface area contributed by atoms with Crippen LogP contribution in [-0.2, 0) is 16.6 Å². The Morgan fingerprint density at radius 2 is 1.84 bits per heavy atom. The molecule has 1 aliphatic heterocycles. The van der Waals surface area contributed by atoms with Crippen LogP contribution >= 0.6 is 0 Å². The number of halogens is 4. The van der Waals surface area contributed by atoms with E-state index in [0.717, 1.165) is 12.1 Å². The van der Waals surface area contributed by atoms with Crippen molar-refractivity contribution in [3.05, 3.63) is 48.0 Å². The van der Waals surface area contributed by atoms with Crippen LogP contribution < -0.4 is 9.04 Å². The number of nitriles is 1. The number of ether oxygens (including phenoxy) is 1. The van der Waals surface area contributed by atoms with Gasteiger partial charge < -0.3 is 9.30 Å². The van der Waals surface area contributed by atoms with Crippen LogP contribution in [0.2, 0.25) is 0 Å². The molecular formula is C21H17F4N3O3S. The number of hydrogen-bond donors (Lipinski definition) is 0. The van der Waals surface area contributed by atoms with E-state index in [4.69, 9.17) is 0 Å². The van der Waals surface area contributed by atoms with Gasteiger partial charge in [0, 0.05) is 18.0 Å². The van der Waals surface area contributed by atoms with Crippen molar-refractivity contribution in [1.29, 1.82) is 5.26 Å². The second-order valence-electron chi connectivity index (χ2n) is 7.19. The number of sulfonamides is 1. The molecule has 0 spiro atoms. The zero-order chi connectivity index (χ0) is 23.1. The van der Waals surface area contributed by atoms with E-state index in [-0.39, 0.29) is 23.4 Å². The minimum absolute atomic E-state index is 0.0698. The number of rotatable bonds is 5. The van der Waals surface area contributed by atoms with Gasteiger partial charge in [-0.05, 0) is 36.2 Å². The number of fused-ring (bicyclic) bond motifs is 1. The van der Waals surface area contributed by atoms with Gasteiger partial charge in [-0.25, -0.2) is 12.8 Å². The highest BCUT2D eigenvalue weighted by atomic mass is 32.2. The second-order valence-corrected chi connectivity index (χ2v) is 9.20. The first-order valence-electron chi connectivity index (χ1n) is 9.63. The van der Waals surface area contributed by atoms with Crippen LogP contribution in [0, 0.1) is 11.3 Å². The Hall–Kier alpha value is -3.26. The van der Waals surface area contributed by atoms with Crippen molar-refractivity contribution in [2.24, 2.45) is 0 Å². The highest BCUT2D eigenvalue weighted by Crippen LogP contribution is 2.37. The molecule has 0 N–H and O–H groups in total. The molecule has 11 heteroatoms. The van der Waals surface area contributed by atoms with Gasteiger partial charge in [0.2, 0.25) is 10.0 Å². The molecule has 168 valence electrons. The lowest BCUT2D eigenvalue weighted by atomic mass is 10.1. The van der Waals surface area contributed by atoms with Gasteiger partial charge in [-0.3, -0.25) is 4.31 Å². The number of hydrogen-bond acceptors (Lipinski definition) is 4. The van der Waals surface area contributed by atoms with Crippen molar-refractivity contribution < 1.29 is 30.7 Å². The Morgan fingerprint density at radius 3 is 2.41 bits per heavy atom. The predicted molar refractivity (Wildman–Crippen MR) is 110 cm³/mol. The summed E-state index contributed by atoms with van der Waals surface area (Å²) < 4.78 is 82.3. The molecule has 32 heavy (non-hydrogen) atoms. The molecule has 4 rings (SSSR count). The summed E-state index contributed by atoms with van der Waals surface area (Å²) in [6.45, 7) is -0.628. The molecule has 1 fully saturated rings. The van der Waals surface area contributed by atoms with Crippen LogP contribution in [0.15, 0.2) is 42.5 Å². The molecule has 2 heterocycles. The zero-order valence-electron chi connectivity index (χ0n) is 16.6. The average molecular weight is 467 g/mol. The van der Waals surface area contributed by atoms with E-state index >= 15 is 0 Å². The monoisotopic (exact) mass is 467 g/mol. The van der Waals surface area contributed by atoms with Gasteiger partial charge in [-0.15, -0.1) is 13.2 Å². The molecule has 0 aliphatic carbocycles. The number of anilines is 1. The molecule has 1 saturated heterocycles. The van der Waals surface area contributed by atoms with E-state index in [1.165, 1.54) is 14.9 Å². The Kier molecular flexibility index (Phi) is 5.50. The maximum atomic E-state index is 13.4. The summed E-state index contributed by atoms with van der Waals surface area (Å²) >= 11 is 0. The fourth-order valence-corrected chi connectivity index (χ4v) is 5.54. The summed E-state index contributed by atoms with van der Waals surface area (Å²) in [4.78, 5) is 0. The highest BCUT2D eigenvalue weighted by Gasteiger charge is 2.32. The van der Waals surface area contributed by atoms with Crippen molar-refractivity contribution in [2.45, 2.75) is 19.3 Å². The summed E-state index contributed by atoms with van der Waals surface area (Å²) in [6, 6.07) is 12.0. The molecule has 1 aromatic heterocycles. The average Bonchev–Trinajstić information content (AvgIpc) is 3.23. The second kappa shape index (κ2) is 8.02. The molecule has 6 nitrogen and oxygen atoms in total. The van der Waals surface area contributed by atoms with Crippen molar-refractivity contribution in [3.8, 4) is 23.1 Å². The van der Waals surface area contributed by atoms with Gasteiger partial charge in [0.1, 0.15) is 18.5 Å². The normalized spacial score (nSPS) is 15.8. The van der Waals surface area contributed by atoms with Crippen molar-refractivity contribution >= 4 is 26.6 Å². The van der Waals surface area contributed by atoms with Crippen LogP contribution in [-0.4, -0.2) is 38.3 Å². The molecule has 0 bridgehead atoms. The van der Waals surface area contributed by atoms with Crippen molar-refractivity contribution in [1.82, 2.24) is 4.57 Å². The maximum Gasteiger partial charge on any atom is 0.573 e. The summed E-state index contributed by atoms with van der Waals surface area (Å²) in [5.41, 5.74) is 1.71. The number of alkyl halides is 4. The van der Waals surface area contributed by atoms with E-state index < -0.39 is 28.8 Å². The third-order valence-electron chi connectivity index (χ3n) is 5.22. The van der Waals surface area contributed by atoms with Crippen LogP contribution in [0.4, 0.5) is 23.2 Å². The topological polar surface area (TPSA) is 75.3 Å². The molecule has 0 unspecified atom stereocenters. The number of aryl methyl sites for hydroxylation is 1. The number of aromatic nitrogens is 1. The van der Waals surface area contributed by atoms with E-state index in [9.17, 15) is 31.2 Å². The molecule has 1 aliphatic rings. The largest absolute Gasteiger partial charge is 0.573 e. The summed E-state index contributed by atoms with van der Waals surface area (Å²) in [5.74, 6) is -0.409. The molecule has 0 amide bonds. The van der Waals surface area contributed by atoms with Gasteiger partial charge in [-0.2, -0.15) is 5.26 Å². The summed E-state index contributed by atoms with van der Waals surface area (Å²) in [7, 11) is -3.37. The Balaban J connectivity index is 1.84. The third-order valence-corrected chi connectivity index (χ3v) is 7.09. The molecule has 0 atom stereocenters. The van der Waals surface area contributed by atoms with E-state index in [2.05, 4.69) is 10.8 Å². The lowest BCUT2D eigenvalue weighted by molar-refractivity contribution is -0.274. The third kappa shape index (κ3) is 3.98. The van der Waals surface area contributed by atoms with Gasteiger partial charge in [0.15, 0.2) is 0 Å². The summed E-state index contributed by atoms with van der Waals surface area (Å²) in [6.07, 6.45) is -4.37. The molecular weight excluding hydrogens is 450 g/mol. The quantitative estimate of drug-likeness (QED) is 0.515. The van der Waals surface area contributed by atoms with Gasteiger partial charge in [0.05, 0.1) is 34.8 Å². The smallest absolute Gasteiger partial charge is 0.406 e. The highest BCUT2D eigenvalue weighted by molar-refractivity contribution is 7.93. The van der Waals surface area contributed by atoms with Crippen LogP contribution in [0.5, 0.6) is 5.75 Å². The molecule has 0 saturated carbocycles. The summed E-state index contributed by atoms with van der Waals surface area (Å²) in [5, 5.41) is 10.1. The first-order valence-corrected chi connectivity index (χ1v) is 11.2. The van der Waals surface area contributed by atoms with E-state index in [1.54, 1.807) is 24.3 Å². The fraction of sp³-hybridized carbons (Fsp3) is 0.286. The van der Waals surface area contributed by atoms with Gasteiger partial charge >= 0.3 is 6.36 Å². The molecule has 2 aromatic carbocycles. The number of benzene rings is 2. The van der Waals surface area contributed by atoms with E-state index in [1.807, 2.05) is 0 Å². The Bertz CT molecular complexity index is 1310.